The molecule has 0 unspecified atom stereocenters. The van der Waals surface area contributed by atoms with Crippen LogP contribution in [0.2, 0.25) is 0 Å². The average Bonchev–Trinajstić information content (AvgIpc) is 2.62. The molecule has 3 rings (SSSR count). The minimum atomic E-state index is 0.829. The molecular weight excluding hydrogens is 304 g/mol. The van der Waals surface area contributed by atoms with Gasteiger partial charge in [-0.1, -0.05) is 48.0 Å². The largest absolute Gasteiger partial charge is 0.361 e. The number of nitrogens with one attached hydrogen (secondary N) is 1. The van der Waals surface area contributed by atoms with E-state index in [0.29, 0.717) is 0 Å². The van der Waals surface area contributed by atoms with Gasteiger partial charge in [0.25, 0.3) is 0 Å². The Bertz CT molecular complexity index is 760. The summed E-state index contributed by atoms with van der Waals surface area (Å²) in [6.45, 7) is 3.66. The number of rotatable bonds is 4. The highest BCUT2D eigenvalue weighted by Gasteiger charge is 2.19. The summed E-state index contributed by atoms with van der Waals surface area (Å²) in [5.74, 6) is 0. The minimum Gasteiger partial charge on any atom is -0.361 e. The van der Waals surface area contributed by atoms with Crippen LogP contribution < -0.4 is 5.32 Å². The van der Waals surface area contributed by atoms with Gasteiger partial charge in [-0.05, 0) is 55.3 Å². The van der Waals surface area contributed by atoms with Crippen molar-refractivity contribution in [3.63, 3.8) is 0 Å². The molecule has 0 fully saturated rings. The van der Waals surface area contributed by atoms with Crippen LogP contribution in [-0.4, -0.2) is 6.72 Å². The van der Waals surface area contributed by atoms with Gasteiger partial charge in [0.05, 0.1) is 5.69 Å². The van der Waals surface area contributed by atoms with Crippen LogP contribution in [0.3, 0.4) is 0 Å². The first kappa shape index (κ1) is 15.6. The van der Waals surface area contributed by atoms with Crippen molar-refractivity contribution in [2.45, 2.75) is 19.3 Å². The third-order valence-electron chi connectivity index (χ3n) is 4.01. The van der Waals surface area contributed by atoms with E-state index in [4.69, 9.17) is 11.6 Å². The van der Waals surface area contributed by atoms with Crippen LogP contribution in [0.5, 0.6) is 0 Å². The fraction of sp³-hybridized carbons (Fsp3) is 0.150. The Kier molecular flexibility index (Phi) is 4.94. The van der Waals surface area contributed by atoms with Gasteiger partial charge in [-0.3, -0.25) is 4.99 Å². The Morgan fingerprint density at radius 3 is 2.52 bits per heavy atom. The first-order chi connectivity index (χ1) is 11.3. The van der Waals surface area contributed by atoms with Crippen LogP contribution in [0.4, 0.5) is 11.4 Å². The number of hydrogen-bond donors (Lipinski definition) is 1. The maximum Gasteiger partial charge on any atom is 0.0698 e. The zero-order chi connectivity index (χ0) is 16.1. The summed E-state index contributed by atoms with van der Waals surface area (Å²) in [7, 11) is 0. The second-order valence-corrected chi connectivity index (χ2v) is 5.88. The number of nitrogens with zero attached hydrogens (tertiary/aromatic N) is 1. The van der Waals surface area contributed by atoms with Crippen molar-refractivity contribution in [3.05, 3.63) is 77.0 Å². The Balaban J connectivity index is 1.93. The Labute approximate surface area is 142 Å². The van der Waals surface area contributed by atoms with Gasteiger partial charge in [-0.25, -0.2) is 0 Å². The average molecular weight is 323 g/mol. The highest BCUT2D eigenvalue weighted by Crippen LogP contribution is 2.40. The number of anilines is 1. The van der Waals surface area contributed by atoms with E-state index in [1.807, 2.05) is 54.7 Å². The summed E-state index contributed by atoms with van der Waals surface area (Å²) in [6.07, 6.45) is 5.04. The quantitative estimate of drug-likeness (QED) is 0.671. The fourth-order valence-corrected chi connectivity index (χ4v) is 3.17. The molecule has 0 atom stereocenters. The fourth-order valence-electron chi connectivity index (χ4n) is 2.83. The van der Waals surface area contributed by atoms with Crippen molar-refractivity contribution in [2.75, 3.05) is 5.32 Å². The zero-order valence-electron chi connectivity index (χ0n) is 12.9. The lowest BCUT2D eigenvalue weighted by Gasteiger charge is -2.20. The Morgan fingerprint density at radius 1 is 1.00 bits per heavy atom. The third-order valence-corrected chi connectivity index (χ3v) is 4.48. The second kappa shape index (κ2) is 7.30. The molecule has 1 N–H and O–H groups in total. The SMILES string of the molecule is C=Nc1ccccc1C1=C(Cl)C(=CNc2ccccc2)CCC1. The van der Waals surface area contributed by atoms with E-state index in [9.17, 15) is 0 Å². The summed E-state index contributed by atoms with van der Waals surface area (Å²) in [5, 5.41) is 4.16. The number of aliphatic imine (C=N–C) groups is 1. The molecule has 3 heteroatoms. The van der Waals surface area contributed by atoms with Crippen molar-refractivity contribution in [1.82, 2.24) is 0 Å². The molecular formula is C20H19ClN2. The van der Waals surface area contributed by atoms with Gasteiger partial charge in [0.1, 0.15) is 0 Å². The van der Waals surface area contributed by atoms with Crippen molar-refractivity contribution in [1.29, 1.82) is 0 Å². The molecule has 0 bridgehead atoms. The van der Waals surface area contributed by atoms with Crippen LogP contribution in [0.25, 0.3) is 5.57 Å². The summed E-state index contributed by atoms with van der Waals surface area (Å²) < 4.78 is 0. The molecule has 0 aliphatic heterocycles. The maximum atomic E-state index is 6.69. The lowest BCUT2D eigenvalue weighted by molar-refractivity contribution is 0.828. The lowest BCUT2D eigenvalue weighted by Crippen LogP contribution is -2.02. The maximum absolute atomic E-state index is 6.69. The molecule has 116 valence electrons. The van der Waals surface area contributed by atoms with Crippen LogP contribution in [0.15, 0.2) is 76.4 Å². The Hall–Kier alpha value is -2.32. The number of halogens is 1. The number of para-hydroxylation sites is 2. The molecule has 0 saturated heterocycles. The molecule has 0 aromatic heterocycles. The van der Waals surface area contributed by atoms with E-state index in [2.05, 4.69) is 23.1 Å². The molecule has 2 nitrogen and oxygen atoms in total. The molecule has 0 amide bonds. The predicted molar refractivity (Wildman–Crippen MR) is 100 cm³/mol. The first-order valence-electron chi connectivity index (χ1n) is 7.75. The minimum absolute atomic E-state index is 0.829. The van der Waals surface area contributed by atoms with Gasteiger partial charge in [-0.15, -0.1) is 0 Å². The van der Waals surface area contributed by atoms with Crippen molar-refractivity contribution < 1.29 is 0 Å². The normalized spacial score (nSPS) is 16.5. The predicted octanol–water partition coefficient (Wildman–Crippen LogP) is 6.15. The molecule has 0 heterocycles. The van der Waals surface area contributed by atoms with Gasteiger partial charge in [0.2, 0.25) is 0 Å². The standard InChI is InChI=1S/C20H19ClN2/c1-22-19-13-6-5-11-17(19)18-12-7-8-15(20(18)21)14-23-16-9-3-2-4-10-16/h2-6,9-11,13-14,23H,1,7-8,12H2. The summed E-state index contributed by atoms with van der Waals surface area (Å²) in [4.78, 5) is 4.12. The highest BCUT2D eigenvalue weighted by molar-refractivity contribution is 6.35. The molecule has 1 aliphatic carbocycles. The molecule has 0 saturated carbocycles. The van der Waals surface area contributed by atoms with Crippen molar-refractivity contribution in [3.8, 4) is 0 Å². The van der Waals surface area contributed by atoms with E-state index in [1.54, 1.807) is 0 Å². The summed E-state index contributed by atoms with van der Waals surface area (Å²) in [6, 6.07) is 18.1. The topological polar surface area (TPSA) is 24.4 Å². The van der Waals surface area contributed by atoms with E-state index >= 15 is 0 Å². The summed E-state index contributed by atoms with van der Waals surface area (Å²) in [5.41, 5.74) is 5.32. The monoisotopic (exact) mass is 322 g/mol. The van der Waals surface area contributed by atoms with E-state index in [-0.39, 0.29) is 0 Å². The van der Waals surface area contributed by atoms with E-state index < -0.39 is 0 Å². The van der Waals surface area contributed by atoms with Crippen molar-refractivity contribution in [2.24, 2.45) is 4.99 Å². The van der Waals surface area contributed by atoms with Crippen LogP contribution in [0, 0.1) is 0 Å². The molecule has 1 aliphatic rings. The molecule has 23 heavy (non-hydrogen) atoms. The first-order valence-corrected chi connectivity index (χ1v) is 8.13. The molecule has 0 spiro atoms. The van der Waals surface area contributed by atoms with Gasteiger partial charge in [0.15, 0.2) is 0 Å². The number of benzene rings is 2. The third kappa shape index (κ3) is 3.54. The number of hydrogen-bond acceptors (Lipinski definition) is 2. The Morgan fingerprint density at radius 2 is 1.74 bits per heavy atom. The molecule has 2 aromatic carbocycles. The van der Waals surface area contributed by atoms with E-state index in [0.717, 1.165) is 52.4 Å². The molecule has 2 aromatic rings. The van der Waals surface area contributed by atoms with Gasteiger partial charge >= 0.3 is 0 Å². The molecule has 0 radical (unpaired) electrons. The van der Waals surface area contributed by atoms with E-state index in [1.165, 1.54) is 0 Å². The smallest absolute Gasteiger partial charge is 0.0698 e. The van der Waals surface area contributed by atoms with Gasteiger partial charge in [0, 0.05) is 22.5 Å². The van der Waals surface area contributed by atoms with Crippen LogP contribution in [-0.2, 0) is 0 Å². The lowest BCUT2D eigenvalue weighted by atomic mass is 9.90. The van der Waals surface area contributed by atoms with Crippen molar-refractivity contribution >= 4 is 35.3 Å². The van der Waals surface area contributed by atoms with Gasteiger partial charge in [-0.2, -0.15) is 0 Å². The summed E-state index contributed by atoms with van der Waals surface area (Å²) >= 11 is 6.69. The van der Waals surface area contributed by atoms with Crippen LogP contribution in [0.1, 0.15) is 24.8 Å². The second-order valence-electron chi connectivity index (χ2n) is 5.50. The number of allylic oxidation sites excluding steroid dienone is 3. The van der Waals surface area contributed by atoms with Gasteiger partial charge < -0.3 is 5.32 Å². The zero-order valence-corrected chi connectivity index (χ0v) is 13.7. The highest BCUT2D eigenvalue weighted by atomic mass is 35.5. The van der Waals surface area contributed by atoms with Crippen LogP contribution >= 0.6 is 11.6 Å².